The van der Waals surface area contributed by atoms with Crippen molar-refractivity contribution in [1.29, 1.82) is 0 Å². The fourth-order valence-corrected chi connectivity index (χ4v) is 3.62. The molecule has 1 aromatic heterocycles. The normalized spacial score (nSPS) is 23.3. The van der Waals surface area contributed by atoms with Gasteiger partial charge in [0.1, 0.15) is 0 Å². The molecular weight excluding hydrogens is 300 g/mol. The highest BCUT2D eigenvalue weighted by Crippen LogP contribution is 2.34. The highest BCUT2D eigenvalue weighted by molar-refractivity contribution is 5.14. The van der Waals surface area contributed by atoms with Crippen molar-refractivity contribution in [1.82, 2.24) is 19.9 Å². The molecule has 24 heavy (non-hydrogen) atoms. The summed E-state index contributed by atoms with van der Waals surface area (Å²) in [6, 6.07) is 11.3. The summed E-state index contributed by atoms with van der Waals surface area (Å²) in [7, 11) is 0. The van der Waals surface area contributed by atoms with Crippen molar-refractivity contribution in [2.24, 2.45) is 0 Å². The lowest BCUT2D eigenvalue weighted by Crippen LogP contribution is -2.50. The molecule has 1 aliphatic carbocycles. The highest BCUT2D eigenvalue weighted by atomic mass is 16.5. The fourth-order valence-electron chi connectivity index (χ4n) is 3.62. The van der Waals surface area contributed by atoms with Crippen LogP contribution in [0.25, 0.3) is 0 Å². The van der Waals surface area contributed by atoms with E-state index in [1.807, 2.05) is 0 Å². The number of rotatable bonds is 5. The summed E-state index contributed by atoms with van der Waals surface area (Å²) in [6.07, 6.45) is 3.73. The van der Waals surface area contributed by atoms with Crippen LogP contribution in [0.5, 0.6) is 0 Å². The Morgan fingerprint density at radius 3 is 2.67 bits per heavy atom. The van der Waals surface area contributed by atoms with E-state index in [0.29, 0.717) is 12.0 Å². The van der Waals surface area contributed by atoms with Crippen LogP contribution >= 0.6 is 0 Å². The predicted octanol–water partition coefficient (Wildman–Crippen LogP) is 3.04. The Morgan fingerprint density at radius 2 is 1.96 bits per heavy atom. The zero-order chi connectivity index (χ0) is 16.4. The molecule has 4 rings (SSSR count). The van der Waals surface area contributed by atoms with Crippen LogP contribution in [0.15, 0.2) is 34.9 Å². The van der Waals surface area contributed by atoms with E-state index in [4.69, 9.17) is 4.52 Å². The molecule has 2 fully saturated rings. The summed E-state index contributed by atoms with van der Waals surface area (Å²) < 4.78 is 5.47. The molecule has 1 atom stereocenters. The van der Waals surface area contributed by atoms with Crippen LogP contribution in [-0.4, -0.2) is 45.6 Å². The standard InChI is InChI=1S/C19H26N4O/c1-15-12-22(10-11-23(15)13-16-6-3-2-4-7-16)14-18-20-19(21-24-18)17-8-5-9-17/h2-4,6-7,15,17H,5,8-14H2,1H3. The highest BCUT2D eigenvalue weighted by Gasteiger charge is 2.27. The number of aromatic nitrogens is 2. The van der Waals surface area contributed by atoms with Gasteiger partial charge >= 0.3 is 0 Å². The molecule has 5 nitrogen and oxygen atoms in total. The van der Waals surface area contributed by atoms with E-state index < -0.39 is 0 Å². The van der Waals surface area contributed by atoms with Crippen molar-refractivity contribution in [2.45, 2.75) is 51.2 Å². The smallest absolute Gasteiger partial charge is 0.240 e. The molecule has 0 amide bonds. The van der Waals surface area contributed by atoms with E-state index in [2.05, 4.69) is 57.2 Å². The molecule has 5 heteroatoms. The first kappa shape index (κ1) is 15.8. The number of benzene rings is 1. The molecule has 0 spiro atoms. The van der Waals surface area contributed by atoms with Gasteiger partial charge in [0.15, 0.2) is 5.82 Å². The molecule has 1 unspecified atom stereocenters. The first-order valence-electron chi connectivity index (χ1n) is 9.11. The first-order valence-corrected chi connectivity index (χ1v) is 9.11. The maximum atomic E-state index is 5.47. The van der Waals surface area contributed by atoms with Gasteiger partial charge in [0, 0.05) is 38.1 Å². The number of hydrogen-bond donors (Lipinski definition) is 0. The minimum absolute atomic E-state index is 0.535. The minimum Gasteiger partial charge on any atom is -0.338 e. The van der Waals surface area contributed by atoms with Crippen molar-refractivity contribution in [3.63, 3.8) is 0 Å². The minimum atomic E-state index is 0.535. The molecule has 0 radical (unpaired) electrons. The van der Waals surface area contributed by atoms with E-state index in [-0.39, 0.29) is 0 Å². The SMILES string of the molecule is CC1CN(Cc2nc(C3CCC3)no2)CCN1Cc1ccccc1. The molecule has 1 saturated carbocycles. The molecule has 1 saturated heterocycles. The molecule has 0 N–H and O–H groups in total. The second kappa shape index (κ2) is 7.03. The van der Waals surface area contributed by atoms with E-state index in [1.165, 1.54) is 24.8 Å². The largest absolute Gasteiger partial charge is 0.338 e. The van der Waals surface area contributed by atoms with Crippen molar-refractivity contribution >= 4 is 0 Å². The van der Waals surface area contributed by atoms with E-state index in [0.717, 1.165) is 44.4 Å². The molecule has 2 aromatic rings. The Morgan fingerprint density at radius 1 is 1.12 bits per heavy atom. The van der Waals surface area contributed by atoms with Crippen molar-refractivity contribution in [3.05, 3.63) is 47.6 Å². The van der Waals surface area contributed by atoms with Crippen molar-refractivity contribution < 1.29 is 4.52 Å². The first-order chi connectivity index (χ1) is 11.8. The van der Waals surface area contributed by atoms with Crippen LogP contribution in [0.1, 0.15) is 49.4 Å². The lowest BCUT2D eigenvalue weighted by molar-refractivity contribution is 0.0668. The summed E-state index contributed by atoms with van der Waals surface area (Å²) in [5.74, 6) is 2.25. The second-order valence-corrected chi connectivity index (χ2v) is 7.21. The molecule has 2 heterocycles. The van der Waals surface area contributed by atoms with E-state index >= 15 is 0 Å². The Kier molecular flexibility index (Phi) is 4.63. The van der Waals surface area contributed by atoms with Crippen LogP contribution in [0.4, 0.5) is 0 Å². The van der Waals surface area contributed by atoms with Gasteiger partial charge in [-0.3, -0.25) is 9.80 Å². The number of nitrogens with zero attached hydrogens (tertiary/aromatic N) is 4. The molecule has 2 aliphatic rings. The van der Waals surface area contributed by atoms with Gasteiger partial charge in [0.2, 0.25) is 5.89 Å². The Bertz CT molecular complexity index is 652. The Hall–Kier alpha value is -1.72. The lowest BCUT2D eigenvalue weighted by Gasteiger charge is -2.39. The average molecular weight is 326 g/mol. The van der Waals surface area contributed by atoms with Crippen molar-refractivity contribution in [3.8, 4) is 0 Å². The van der Waals surface area contributed by atoms with Gasteiger partial charge < -0.3 is 4.52 Å². The summed E-state index contributed by atoms with van der Waals surface area (Å²) in [5, 5.41) is 4.17. The van der Waals surface area contributed by atoms with Crippen LogP contribution in [0.3, 0.4) is 0 Å². The zero-order valence-corrected chi connectivity index (χ0v) is 14.4. The van der Waals surface area contributed by atoms with Crippen molar-refractivity contribution in [2.75, 3.05) is 19.6 Å². The molecule has 0 bridgehead atoms. The third kappa shape index (κ3) is 3.52. The van der Waals surface area contributed by atoms with E-state index in [9.17, 15) is 0 Å². The predicted molar refractivity (Wildman–Crippen MR) is 92.5 cm³/mol. The molecule has 1 aliphatic heterocycles. The maximum Gasteiger partial charge on any atom is 0.240 e. The third-order valence-corrected chi connectivity index (χ3v) is 5.39. The maximum absolute atomic E-state index is 5.47. The third-order valence-electron chi connectivity index (χ3n) is 5.39. The van der Waals surface area contributed by atoms with Gasteiger partial charge in [0.25, 0.3) is 0 Å². The fraction of sp³-hybridized carbons (Fsp3) is 0.579. The van der Waals surface area contributed by atoms with E-state index in [1.54, 1.807) is 0 Å². The summed E-state index contributed by atoms with van der Waals surface area (Å²) >= 11 is 0. The molecule has 1 aromatic carbocycles. The topological polar surface area (TPSA) is 45.4 Å². The van der Waals surface area contributed by atoms with Crippen LogP contribution in [0.2, 0.25) is 0 Å². The van der Waals surface area contributed by atoms with Gasteiger partial charge in [-0.15, -0.1) is 0 Å². The Balaban J connectivity index is 1.30. The number of piperazine rings is 1. The monoisotopic (exact) mass is 326 g/mol. The van der Waals surface area contributed by atoms with Gasteiger partial charge in [-0.2, -0.15) is 4.98 Å². The van der Waals surface area contributed by atoms with Crippen LogP contribution < -0.4 is 0 Å². The summed E-state index contributed by atoms with van der Waals surface area (Å²) in [6.45, 7) is 7.31. The summed E-state index contributed by atoms with van der Waals surface area (Å²) in [4.78, 5) is 9.59. The van der Waals surface area contributed by atoms with Gasteiger partial charge in [-0.05, 0) is 25.3 Å². The van der Waals surface area contributed by atoms with Gasteiger partial charge in [-0.25, -0.2) is 0 Å². The Labute approximate surface area is 143 Å². The summed E-state index contributed by atoms with van der Waals surface area (Å²) in [5.41, 5.74) is 1.39. The lowest BCUT2D eigenvalue weighted by atomic mass is 9.85. The second-order valence-electron chi connectivity index (χ2n) is 7.21. The quantitative estimate of drug-likeness (QED) is 0.845. The molecule has 128 valence electrons. The van der Waals surface area contributed by atoms with Gasteiger partial charge in [-0.1, -0.05) is 41.9 Å². The van der Waals surface area contributed by atoms with Gasteiger partial charge in [0.05, 0.1) is 6.54 Å². The average Bonchev–Trinajstić information content (AvgIpc) is 2.97. The zero-order valence-electron chi connectivity index (χ0n) is 14.4. The number of hydrogen-bond acceptors (Lipinski definition) is 5. The van der Waals surface area contributed by atoms with Crippen LogP contribution in [-0.2, 0) is 13.1 Å². The molecular formula is C19H26N4O. The van der Waals surface area contributed by atoms with Crippen LogP contribution in [0, 0.1) is 0 Å².